The molecule has 0 unspecified atom stereocenters. The minimum absolute atomic E-state index is 0.581. The van der Waals surface area contributed by atoms with Crippen molar-refractivity contribution in [3.8, 4) is 0 Å². The Hall–Kier alpha value is -0.600. The van der Waals surface area contributed by atoms with E-state index in [1.54, 1.807) is 26.0 Å². The van der Waals surface area contributed by atoms with Gasteiger partial charge in [0.25, 0.3) is 0 Å². The molecule has 1 aromatic heterocycles. The molecule has 0 atom stereocenters. The zero-order valence-electron chi connectivity index (χ0n) is 6.50. The van der Waals surface area contributed by atoms with Crippen LogP contribution in [0.3, 0.4) is 0 Å². The maximum atomic E-state index is 9.47. The topological polar surface area (TPSA) is 33.1 Å². The maximum absolute atomic E-state index is 9.47. The van der Waals surface area contributed by atoms with Crippen LogP contribution in [0.5, 0.6) is 0 Å². The minimum atomic E-state index is -0.884. The number of aromatic nitrogens is 1. The molecule has 0 fully saturated rings. The molecule has 0 amide bonds. The molecule has 1 N–H and O–H groups in total. The van der Waals surface area contributed by atoms with Gasteiger partial charge in [0.2, 0.25) is 0 Å². The number of hydrogen-bond acceptors (Lipinski definition) is 2. The Morgan fingerprint density at radius 2 is 2.09 bits per heavy atom. The second-order valence-corrected chi connectivity index (χ2v) is 3.36. The van der Waals surface area contributed by atoms with Gasteiger partial charge >= 0.3 is 0 Å². The third-order valence-electron chi connectivity index (χ3n) is 1.35. The average Bonchev–Trinajstić information content (AvgIpc) is 1.86. The third-order valence-corrected chi connectivity index (χ3v) is 1.58. The van der Waals surface area contributed by atoms with E-state index in [9.17, 15) is 5.11 Å². The summed E-state index contributed by atoms with van der Waals surface area (Å²) in [5, 5.41) is 10.1. The number of rotatable bonds is 1. The summed E-state index contributed by atoms with van der Waals surface area (Å²) in [5.74, 6) is 0. The van der Waals surface area contributed by atoms with Crippen LogP contribution in [0.1, 0.15) is 19.5 Å². The molecule has 0 saturated carbocycles. The second-order valence-electron chi connectivity index (χ2n) is 2.92. The molecule has 1 aromatic rings. The van der Waals surface area contributed by atoms with E-state index in [2.05, 4.69) is 4.98 Å². The van der Waals surface area contributed by atoms with Crippen molar-refractivity contribution in [3.63, 3.8) is 0 Å². The van der Waals surface area contributed by atoms with Crippen LogP contribution in [0.15, 0.2) is 18.3 Å². The van der Waals surface area contributed by atoms with E-state index < -0.39 is 5.60 Å². The summed E-state index contributed by atoms with van der Waals surface area (Å²) in [6.45, 7) is 3.37. The molecular formula is C8H10ClNO. The zero-order chi connectivity index (χ0) is 8.48. The molecule has 0 radical (unpaired) electrons. The summed E-state index contributed by atoms with van der Waals surface area (Å²) in [5.41, 5.74) is -0.258. The molecule has 2 nitrogen and oxygen atoms in total. The van der Waals surface area contributed by atoms with E-state index in [4.69, 9.17) is 11.6 Å². The molecule has 0 aliphatic carbocycles. The van der Waals surface area contributed by atoms with Crippen molar-refractivity contribution in [1.82, 2.24) is 4.98 Å². The lowest BCUT2D eigenvalue weighted by Crippen LogP contribution is -2.16. The predicted octanol–water partition coefficient (Wildman–Crippen LogP) is 1.96. The minimum Gasteiger partial charge on any atom is -0.384 e. The quantitative estimate of drug-likeness (QED) is 0.701. The lowest BCUT2D eigenvalue weighted by molar-refractivity contribution is 0.0739. The van der Waals surface area contributed by atoms with Gasteiger partial charge in [0, 0.05) is 6.20 Å². The van der Waals surface area contributed by atoms with E-state index in [0.29, 0.717) is 10.7 Å². The number of aliphatic hydroxyl groups is 1. The molecule has 0 aliphatic heterocycles. The van der Waals surface area contributed by atoms with Crippen molar-refractivity contribution in [2.24, 2.45) is 0 Å². The van der Waals surface area contributed by atoms with Crippen molar-refractivity contribution in [2.45, 2.75) is 19.4 Å². The SMILES string of the molecule is CC(C)(O)c1ccc(Cl)cn1. The summed E-state index contributed by atoms with van der Waals surface area (Å²) >= 11 is 5.62. The summed E-state index contributed by atoms with van der Waals surface area (Å²) < 4.78 is 0. The van der Waals surface area contributed by atoms with Gasteiger partial charge in [-0.05, 0) is 26.0 Å². The maximum Gasteiger partial charge on any atom is 0.101 e. The lowest BCUT2D eigenvalue weighted by Gasteiger charge is -2.15. The fourth-order valence-electron chi connectivity index (χ4n) is 0.738. The Bertz CT molecular complexity index is 237. The molecule has 1 rings (SSSR count). The van der Waals surface area contributed by atoms with Gasteiger partial charge in [-0.15, -0.1) is 0 Å². The highest BCUT2D eigenvalue weighted by atomic mass is 35.5. The summed E-state index contributed by atoms with van der Waals surface area (Å²) in [6.07, 6.45) is 1.52. The van der Waals surface area contributed by atoms with Gasteiger partial charge in [-0.2, -0.15) is 0 Å². The first kappa shape index (κ1) is 8.50. The fraction of sp³-hybridized carbons (Fsp3) is 0.375. The Morgan fingerprint density at radius 3 is 2.45 bits per heavy atom. The van der Waals surface area contributed by atoms with Crippen LogP contribution in [-0.2, 0) is 5.60 Å². The van der Waals surface area contributed by atoms with Crippen molar-refractivity contribution in [2.75, 3.05) is 0 Å². The van der Waals surface area contributed by atoms with Crippen LogP contribution in [0.2, 0.25) is 5.02 Å². The summed E-state index contributed by atoms with van der Waals surface area (Å²) in [7, 11) is 0. The van der Waals surface area contributed by atoms with E-state index in [0.717, 1.165) is 0 Å². The van der Waals surface area contributed by atoms with Crippen molar-refractivity contribution >= 4 is 11.6 Å². The monoisotopic (exact) mass is 171 g/mol. The van der Waals surface area contributed by atoms with Gasteiger partial charge in [-0.25, -0.2) is 0 Å². The standard InChI is InChI=1S/C8H10ClNO/c1-8(2,11)7-4-3-6(9)5-10-7/h3-5,11H,1-2H3. The highest BCUT2D eigenvalue weighted by Gasteiger charge is 2.16. The number of pyridine rings is 1. The Labute approximate surface area is 70.8 Å². The highest BCUT2D eigenvalue weighted by molar-refractivity contribution is 6.30. The fourth-order valence-corrected chi connectivity index (χ4v) is 0.850. The smallest absolute Gasteiger partial charge is 0.101 e. The Balaban J connectivity index is 2.99. The van der Waals surface area contributed by atoms with Gasteiger partial charge in [-0.1, -0.05) is 11.6 Å². The predicted molar refractivity (Wildman–Crippen MR) is 44.5 cm³/mol. The van der Waals surface area contributed by atoms with Crippen molar-refractivity contribution in [3.05, 3.63) is 29.0 Å². The van der Waals surface area contributed by atoms with Crippen molar-refractivity contribution in [1.29, 1.82) is 0 Å². The van der Waals surface area contributed by atoms with E-state index in [-0.39, 0.29) is 0 Å². The molecule has 11 heavy (non-hydrogen) atoms. The first-order valence-electron chi connectivity index (χ1n) is 3.34. The van der Waals surface area contributed by atoms with Crippen LogP contribution in [0, 0.1) is 0 Å². The zero-order valence-corrected chi connectivity index (χ0v) is 7.26. The van der Waals surface area contributed by atoms with E-state index in [1.807, 2.05) is 0 Å². The first-order chi connectivity index (χ1) is 5.00. The lowest BCUT2D eigenvalue weighted by atomic mass is 10.1. The van der Waals surface area contributed by atoms with E-state index in [1.165, 1.54) is 6.20 Å². The van der Waals surface area contributed by atoms with Gasteiger partial charge in [0.15, 0.2) is 0 Å². The second kappa shape index (κ2) is 2.80. The summed E-state index contributed by atoms with van der Waals surface area (Å²) in [6, 6.07) is 3.42. The molecular weight excluding hydrogens is 162 g/mol. The number of halogens is 1. The normalized spacial score (nSPS) is 11.6. The van der Waals surface area contributed by atoms with Gasteiger partial charge in [0.05, 0.1) is 10.7 Å². The molecule has 1 heterocycles. The van der Waals surface area contributed by atoms with Crippen LogP contribution < -0.4 is 0 Å². The molecule has 3 heteroatoms. The Kier molecular flexibility index (Phi) is 2.16. The first-order valence-corrected chi connectivity index (χ1v) is 3.72. The van der Waals surface area contributed by atoms with Gasteiger partial charge < -0.3 is 5.11 Å². The molecule has 0 aliphatic rings. The number of hydrogen-bond donors (Lipinski definition) is 1. The van der Waals surface area contributed by atoms with Gasteiger partial charge in [-0.3, -0.25) is 4.98 Å². The van der Waals surface area contributed by atoms with Crippen LogP contribution in [0.4, 0.5) is 0 Å². The molecule has 60 valence electrons. The number of nitrogens with zero attached hydrogens (tertiary/aromatic N) is 1. The van der Waals surface area contributed by atoms with E-state index >= 15 is 0 Å². The van der Waals surface area contributed by atoms with Crippen LogP contribution in [-0.4, -0.2) is 10.1 Å². The molecule has 0 spiro atoms. The van der Waals surface area contributed by atoms with Gasteiger partial charge in [0.1, 0.15) is 5.60 Å². The highest BCUT2D eigenvalue weighted by Crippen LogP contribution is 2.17. The van der Waals surface area contributed by atoms with Crippen molar-refractivity contribution < 1.29 is 5.11 Å². The average molecular weight is 172 g/mol. The third kappa shape index (κ3) is 2.17. The molecule has 0 aromatic carbocycles. The molecule has 0 bridgehead atoms. The summed E-state index contributed by atoms with van der Waals surface area (Å²) in [4.78, 5) is 3.97. The van der Waals surface area contributed by atoms with Crippen LogP contribution >= 0.6 is 11.6 Å². The largest absolute Gasteiger partial charge is 0.384 e. The Morgan fingerprint density at radius 1 is 1.45 bits per heavy atom. The van der Waals surface area contributed by atoms with Crippen LogP contribution in [0.25, 0.3) is 0 Å². The molecule has 0 saturated heterocycles.